The smallest absolute Gasteiger partial charge is 0.330 e. The molecule has 0 aromatic heterocycles. The summed E-state index contributed by atoms with van der Waals surface area (Å²) in [4.78, 5) is 22.9. The van der Waals surface area contributed by atoms with Crippen LogP contribution in [0.3, 0.4) is 0 Å². The van der Waals surface area contributed by atoms with E-state index in [4.69, 9.17) is 9.84 Å². The fourth-order valence-electron chi connectivity index (χ4n) is 1.60. The number of amides is 2. The van der Waals surface area contributed by atoms with Crippen LogP contribution in [0.15, 0.2) is 42.5 Å². The average Bonchev–Trinajstić information content (AvgIpc) is 2.44. The van der Waals surface area contributed by atoms with E-state index in [0.717, 1.165) is 5.57 Å². The van der Waals surface area contributed by atoms with Crippen LogP contribution in [0.5, 0.6) is 0 Å². The van der Waals surface area contributed by atoms with Gasteiger partial charge in [-0.1, -0.05) is 42.5 Å². The molecule has 0 bridgehead atoms. The monoisotopic (exact) mass is 292 g/mol. The Morgan fingerprint density at radius 1 is 1.33 bits per heavy atom. The first-order valence-electron chi connectivity index (χ1n) is 6.55. The predicted octanol–water partition coefficient (Wildman–Crippen LogP) is 1.70. The van der Waals surface area contributed by atoms with Crippen LogP contribution in [-0.4, -0.2) is 36.9 Å². The normalized spacial score (nSPS) is 11.5. The molecule has 21 heavy (non-hydrogen) atoms. The number of nitrogens with one attached hydrogen (secondary N) is 2. The fraction of sp³-hybridized carbons (Fsp3) is 0.333. The zero-order valence-corrected chi connectivity index (χ0v) is 12.0. The number of hydrogen-bond acceptors (Lipinski definition) is 3. The van der Waals surface area contributed by atoms with Gasteiger partial charge >= 0.3 is 12.0 Å². The number of rotatable bonds is 8. The van der Waals surface area contributed by atoms with E-state index >= 15 is 0 Å². The first kappa shape index (κ1) is 16.7. The van der Waals surface area contributed by atoms with E-state index in [9.17, 15) is 9.59 Å². The number of ether oxygens (including phenoxy) is 1. The molecule has 1 rings (SSSR count). The highest BCUT2D eigenvalue weighted by molar-refractivity contribution is 5.83. The van der Waals surface area contributed by atoms with Crippen molar-refractivity contribution in [3.05, 3.63) is 48.0 Å². The van der Waals surface area contributed by atoms with Crippen LogP contribution < -0.4 is 10.6 Å². The third-order valence-corrected chi connectivity index (χ3v) is 2.54. The fourth-order valence-corrected chi connectivity index (χ4v) is 1.60. The lowest BCUT2D eigenvalue weighted by molar-refractivity contribution is -0.139. The van der Waals surface area contributed by atoms with Crippen molar-refractivity contribution in [2.45, 2.75) is 13.0 Å². The Labute approximate surface area is 123 Å². The summed E-state index contributed by atoms with van der Waals surface area (Å²) in [5, 5.41) is 14.1. The van der Waals surface area contributed by atoms with Crippen molar-refractivity contribution in [2.24, 2.45) is 0 Å². The average molecular weight is 292 g/mol. The van der Waals surface area contributed by atoms with Crippen molar-refractivity contribution < 1.29 is 19.4 Å². The molecular weight excluding hydrogens is 272 g/mol. The molecule has 6 nitrogen and oxygen atoms in total. The molecule has 0 aliphatic carbocycles. The minimum absolute atomic E-state index is 0.292. The van der Waals surface area contributed by atoms with E-state index in [-0.39, 0.29) is 0 Å². The number of aliphatic carboxylic acids is 1. The summed E-state index contributed by atoms with van der Waals surface area (Å²) >= 11 is 0. The molecule has 1 atom stereocenters. The minimum atomic E-state index is -1.12. The van der Waals surface area contributed by atoms with E-state index in [1.54, 1.807) is 30.3 Å². The van der Waals surface area contributed by atoms with Gasteiger partial charge in [-0.3, -0.25) is 0 Å². The maximum absolute atomic E-state index is 11.7. The molecule has 1 aromatic carbocycles. The van der Waals surface area contributed by atoms with E-state index in [1.807, 2.05) is 6.92 Å². The van der Waals surface area contributed by atoms with E-state index in [0.29, 0.717) is 25.3 Å². The summed E-state index contributed by atoms with van der Waals surface area (Å²) in [6, 6.07) is 6.88. The Morgan fingerprint density at radius 3 is 2.57 bits per heavy atom. The quantitative estimate of drug-likeness (QED) is 0.503. The molecule has 114 valence electrons. The second-order valence-electron chi connectivity index (χ2n) is 4.59. The maximum atomic E-state index is 11.7. The summed E-state index contributed by atoms with van der Waals surface area (Å²) in [5.41, 5.74) is 1.41. The Bertz CT molecular complexity index is 488. The summed E-state index contributed by atoms with van der Waals surface area (Å²) in [6.07, 6.45) is 0. The molecule has 1 aromatic rings. The lowest BCUT2D eigenvalue weighted by Crippen LogP contribution is -2.42. The molecule has 0 radical (unpaired) electrons. The van der Waals surface area contributed by atoms with E-state index in [2.05, 4.69) is 17.2 Å². The number of urea groups is 1. The van der Waals surface area contributed by atoms with Gasteiger partial charge in [0.15, 0.2) is 6.04 Å². The van der Waals surface area contributed by atoms with Crippen LogP contribution in [-0.2, 0) is 9.53 Å². The second-order valence-corrected chi connectivity index (χ2v) is 4.59. The lowest BCUT2D eigenvalue weighted by atomic mass is 10.1. The van der Waals surface area contributed by atoms with Gasteiger partial charge in [-0.2, -0.15) is 0 Å². The van der Waals surface area contributed by atoms with Crippen molar-refractivity contribution in [3.63, 3.8) is 0 Å². The maximum Gasteiger partial charge on any atom is 0.330 e. The summed E-state index contributed by atoms with van der Waals surface area (Å²) < 4.78 is 5.22. The van der Waals surface area contributed by atoms with E-state index in [1.165, 1.54) is 0 Å². The number of carbonyl (C=O) groups is 2. The van der Waals surface area contributed by atoms with Gasteiger partial charge in [0, 0.05) is 6.54 Å². The van der Waals surface area contributed by atoms with Gasteiger partial charge in [-0.15, -0.1) is 0 Å². The Balaban J connectivity index is 2.40. The third kappa shape index (κ3) is 6.58. The second kappa shape index (κ2) is 8.76. The van der Waals surface area contributed by atoms with Gasteiger partial charge in [0.1, 0.15) is 0 Å². The minimum Gasteiger partial charge on any atom is -0.479 e. The van der Waals surface area contributed by atoms with Crippen molar-refractivity contribution >= 4 is 12.0 Å². The zero-order chi connectivity index (χ0) is 15.7. The van der Waals surface area contributed by atoms with Gasteiger partial charge in [-0.05, 0) is 12.5 Å². The Hall–Kier alpha value is -2.34. The van der Waals surface area contributed by atoms with Crippen LogP contribution in [0.2, 0.25) is 0 Å². The van der Waals surface area contributed by atoms with Crippen molar-refractivity contribution in [1.82, 2.24) is 10.6 Å². The largest absolute Gasteiger partial charge is 0.479 e. The van der Waals surface area contributed by atoms with Gasteiger partial charge in [0.05, 0.1) is 13.2 Å². The first-order chi connectivity index (χ1) is 10.0. The molecule has 3 N–H and O–H groups in total. The topological polar surface area (TPSA) is 87.7 Å². The zero-order valence-electron chi connectivity index (χ0n) is 12.0. The molecule has 2 amide bonds. The predicted molar refractivity (Wildman–Crippen MR) is 79.0 cm³/mol. The number of benzene rings is 1. The summed E-state index contributed by atoms with van der Waals surface area (Å²) in [6.45, 7) is 6.60. The summed E-state index contributed by atoms with van der Waals surface area (Å²) in [5.74, 6) is -1.12. The molecule has 0 aliphatic heterocycles. The van der Waals surface area contributed by atoms with E-state index < -0.39 is 18.0 Å². The van der Waals surface area contributed by atoms with Gasteiger partial charge in [-0.25, -0.2) is 9.59 Å². The first-order valence-corrected chi connectivity index (χ1v) is 6.55. The van der Waals surface area contributed by atoms with Crippen molar-refractivity contribution in [2.75, 3.05) is 19.8 Å². The summed E-state index contributed by atoms with van der Waals surface area (Å²) in [7, 11) is 0. The number of hydrogen-bond donors (Lipinski definition) is 3. The number of carboxylic acids is 1. The molecular formula is C15H20N2O4. The molecule has 0 saturated carbocycles. The van der Waals surface area contributed by atoms with Gasteiger partial charge in [0.25, 0.3) is 0 Å². The van der Waals surface area contributed by atoms with Gasteiger partial charge < -0.3 is 20.5 Å². The standard InChI is InChI=1S/C15H20N2O4/c1-11(2)10-21-9-8-16-15(20)17-13(14(18)19)12-6-4-3-5-7-12/h3-7,13H,1,8-10H2,2H3,(H,18,19)(H2,16,17,20). The Morgan fingerprint density at radius 2 is 2.00 bits per heavy atom. The molecule has 0 spiro atoms. The van der Waals surface area contributed by atoms with Crippen LogP contribution >= 0.6 is 0 Å². The molecule has 0 saturated heterocycles. The van der Waals surface area contributed by atoms with Crippen LogP contribution in [0.4, 0.5) is 4.79 Å². The molecule has 1 unspecified atom stereocenters. The molecule has 0 fully saturated rings. The van der Waals surface area contributed by atoms with Crippen LogP contribution in [0, 0.1) is 0 Å². The Kier molecular flexibility index (Phi) is 6.97. The molecule has 6 heteroatoms. The van der Waals surface area contributed by atoms with Gasteiger partial charge in [0.2, 0.25) is 0 Å². The molecule has 0 aliphatic rings. The highest BCUT2D eigenvalue weighted by Gasteiger charge is 2.21. The van der Waals surface area contributed by atoms with Crippen LogP contribution in [0.25, 0.3) is 0 Å². The third-order valence-electron chi connectivity index (χ3n) is 2.54. The highest BCUT2D eigenvalue weighted by atomic mass is 16.5. The van der Waals surface area contributed by atoms with Crippen LogP contribution in [0.1, 0.15) is 18.5 Å². The SMILES string of the molecule is C=C(C)COCCNC(=O)NC(C(=O)O)c1ccccc1. The molecule has 0 heterocycles. The van der Waals surface area contributed by atoms with Crippen molar-refractivity contribution in [1.29, 1.82) is 0 Å². The highest BCUT2D eigenvalue weighted by Crippen LogP contribution is 2.12. The lowest BCUT2D eigenvalue weighted by Gasteiger charge is -2.15. The van der Waals surface area contributed by atoms with Crippen molar-refractivity contribution in [3.8, 4) is 0 Å². The number of carbonyl (C=O) groups excluding carboxylic acids is 1. The number of carboxylic acid groups (broad SMARTS) is 1.